The molecule has 2 aromatic rings. The largest absolute Gasteiger partial charge is 0.362 e. The molecule has 2 aromatic carbocycles. The summed E-state index contributed by atoms with van der Waals surface area (Å²) in [5.74, 6) is 0.108. The Morgan fingerprint density at radius 3 is 2.28 bits per heavy atom. The van der Waals surface area contributed by atoms with Gasteiger partial charge >= 0.3 is 0 Å². The van der Waals surface area contributed by atoms with Crippen molar-refractivity contribution in [3.8, 4) is 0 Å². The molecule has 1 heterocycles. The predicted octanol–water partition coefficient (Wildman–Crippen LogP) is 3.15. The summed E-state index contributed by atoms with van der Waals surface area (Å²) >= 11 is 0. The minimum atomic E-state index is -0.350. The summed E-state index contributed by atoms with van der Waals surface area (Å²) in [7, 11) is 0. The van der Waals surface area contributed by atoms with E-state index < -0.39 is 0 Å². The molecule has 0 radical (unpaired) electrons. The Balaban J connectivity index is 1.59. The molecule has 0 saturated carbocycles. The van der Waals surface area contributed by atoms with E-state index in [0.29, 0.717) is 38.4 Å². The van der Waals surface area contributed by atoms with Crippen molar-refractivity contribution in [2.75, 3.05) is 37.6 Å². The summed E-state index contributed by atoms with van der Waals surface area (Å²) in [6.07, 6.45) is 0. The van der Waals surface area contributed by atoms with Gasteiger partial charge in [-0.15, -0.1) is 0 Å². The van der Waals surface area contributed by atoms with E-state index >= 15 is 0 Å². The zero-order valence-electron chi connectivity index (χ0n) is 17.0. The van der Waals surface area contributed by atoms with E-state index in [1.54, 1.807) is 12.1 Å². The normalized spacial score (nSPS) is 14.5. The molecular formula is C22H28N4O3. The monoisotopic (exact) mass is 396 g/mol. The van der Waals surface area contributed by atoms with Gasteiger partial charge in [-0.1, -0.05) is 42.5 Å². The molecule has 1 fully saturated rings. The number of rotatable bonds is 7. The molecule has 0 aromatic heterocycles. The lowest BCUT2D eigenvalue weighted by Crippen LogP contribution is -2.52. The van der Waals surface area contributed by atoms with Crippen LogP contribution in [0.4, 0.5) is 11.4 Å². The molecule has 3 rings (SSSR count). The third-order valence-electron chi connectivity index (χ3n) is 5.35. The molecular weight excluding hydrogens is 368 g/mol. The summed E-state index contributed by atoms with van der Waals surface area (Å²) < 4.78 is 0. The highest BCUT2D eigenvalue weighted by Gasteiger charge is 2.26. The van der Waals surface area contributed by atoms with Crippen molar-refractivity contribution < 1.29 is 9.72 Å². The lowest BCUT2D eigenvalue weighted by Gasteiger charge is -2.37. The first kappa shape index (κ1) is 20.8. The average molecular weight is 396 g/mol. The maximum Gasteiger partial charge on any atom is 0.292 e. The van der Waals surface area contributed by atoms with Crippen LogP contribution in [-0.2, 0) is 11.3 Å². The number of carbonyl (C=O) groups is 1. The topological polar surface area (TPSA) is 69.9 Å². The Hall–Kier alpha value is -2.93. The summed E-state index contributed by atoms with van der Waals surface area (Å²) in [6.45, 7) is 7.64. The molecule has 0 unspecified atom stereocenters. The highest BCUT2D eigenvalue weighted by molar-refractivity contribution is 5.78. The van der Waals surface area contributed by atoms with Crippen LogP contribution in [0, 0.1) is 10.1 Å². The first-order valence-electron chi connectivity index (χ1n) is 10.00. The number of para-hydroxylation sites is 2. The third-order valence-corrected chi connectivity index (χ3v) is 5.35. The maximum atomic E-state index is 12.9. The first-order chi connectivity index (χ1) is 14.0. The van der Waals surface area contributed by atoms with Crippen molar-refractivity contribution >= 4 is 17.3 Å². The molecule has 0 spiro atoms. The molecule has 0 N–H and O–H groups in total. The number of carbonyl (C=O) groups excluding carboxylic acids is 1. The van der Waals surface area contributed by atoms with E-state index in [2.05, 4.69) is 30.9 Å². The number of piperazine rings is 1. The average Bonchev–Trinajstić information content (AvgIpc) is 2.74. The summed E-state index contributed by atoms with van der Waals surface area (Å²) in [6, 6.07) is 17.2. The van der Waals surface area contributed by atoms with Gasteiger partial charge < -0.3 is 9.80 Å². The molecule has 29 heavy (non-hydrogen) atoms. The van der Waals surface area contributed by atoms with Crippen LogP contribution in [0.5, 0.6) is 0 Å². The lowest BCUT2D eigenvalue weighted by molar-refractivity contribution is -0.384. The third kappa shape index (κ3) is 5.32. The number of hydrogen-bond donors (Lipinski definition) is 0. The first-order valence-corrected chi connectivity index (χ1v) is 10.00. The summed E-state index contributed by atoms with van der Waals surface area (Å²) in [5.41, 5.74) is 1.92. The molecule has 7 heteroatoms. The van der Waals surface area contributed by atoms with Gasteiger partial charge in [0.05, 0.1) is 11.5 Å². The van der Waals surface area contributed by atoms with Gasteiger partial charge in [0.1, 0.15) is 5.69 Å². The molecule has 154 valence electrons. The van der Waals surface area contributed by atoms with Crippen molar-refractivity contribution in [1.82, 2.24) is 9.80 Å². The van der Waals surface area contributed by atoms with E-state index in [0.717, 1.165) is 6.54 Å². The molecule has 7 nitrogen and oxygen atoms in total. The standard InChI is InChI=1S/C22H28N4O3/c1-18(2)25(16-19-8-4-3-5-9-19)17-22(27)24-14-12-23(13-15-24)20-10-6-7-11-21(20)26(28)29/h3-11,18H,12-17H2,1-2H3. The Bertz CT molecular complexity index is 833. The minimum Gasteiger partial charge on any atom is -0.362 e. The van der Waals surface area contributed by atoms with Gasteiger partial charge in [0.25, 0.3) is 5.69 Å². The number of nitro benzene ring substituents is 1. The fraction of sp³-hybridized carbons (Fsp3) is 0.409. The van der Waals surface area contributed by atoms with Crippen molar-refractivity contribution in [2.24, 2.45) is 0 Å². The Kier molecular flexibility index (Phi) is 6.82. The SMILES string of the molecule is CC(C)N(CC(=O)N1CCN(c2ccccc2[N+](=O)[O-])CC1)Cc1ccccc1. The van der Waals surface area contributed by atoms with Crippen molar-refractivity contribution in [1.29, 1.82) is 0 Å². The van der Waals surface area contributed by atoms with Crippen molar-refractivity contribution in [3.63, 3.8) is 0 Å². The highest BCUT2D eigenvalue weighted by atomic mass is 16.6. The van der Waals surface area contributed by atoms with Gasteiger partial charge in [-0.25, -0.2) is 0 Å². The second-order valence-electron chi connectivity index (χ2n) is 7.60. The van der Waals surface area contributed by atoms with E-state index in [-0.39, 0.29) is 22.6 Å². The number of anilines is 1. The molecule has 0 bridgehead atoms. The summed E-state index contributed by atoms with van der Waals surface area (Å²) in [5, 5.41) is 11.3. The molecule has 1 amide bonds. The van der Waals surface area contributed by atoms with E-state index in [1.807, 2.05) is 34.1 Å². The number of amides is 1. The van der Waals surface area contributed by atoms with Crippen LogP contribution in [0.1, 0.15) is 19.4 Å². The van der Waals surface area contributed by atoms with Gasteiger partial charge in [0.2, 0.25) is 5.91 Å². The maximum absolute atomic E-state index is 12.9. The fourth-order valence-corrected chi connectivity index (χ4v) is 3.60. The van der Waals surface area contributed by atoms with Crippen LogP contribution in [0.2, 0.25) is 0 Å². The van der Waals surface area contributed by atoms with Crippen LogP contribution in [0.3, 0.4) is 0 Å². The van der Waals surface area contributed by atoms with Crippen molar-refractivity contribution in [3.05, 3.63) is 70.3 Å². The Morgan fingerprint density at radius 1 is 1.03 bits per heavy atom. The highest BCUT2D eigenvalue weighted by Crippen LogP contribution is 2.28. The van der Waals surface area contributed by atoms with Gasteiger partial charge in [-0.2, -0.15) is 0 Å². The van der Waals surface area contributed by atoms with Gasteiger partial charge in [0.15, 0.2) is 0 Å². The van der Waals surface area contributed by atoms with E-state index in [9.17, 15) is 14.9 Å². The molecule has 1 aliphatic rings. The quantitative estimate of drug-likeness (QED) is 0.531. The molecule has 0 aliphatic carbocycles. The van der Waals surface area contributed by atoms with Crippen LogP contribution < -0.4 is 4.90 Å². The number of nitro groups is 1. The van der Waals surface area contributed by atoms with E-state index in [4.69, 9.17) is 0 Å². The van der Waals surface area contributed by atoms with Gasteiger partial charge in [-0.05, 0) is 25.5 Å². The van der Waals surface area contributed by atoms with Crippen LogP contribution in [0.25, 0.3) is 0 Å². The number of benzene rings is 2. The van der Waals surface area contributed by atoms with E-state index in [1.165, 1.54) is 11.6 Å². The number of hydrogen-bond acceptors (Lipinski definition) is 5. The second-order valence-corrected chi connectivity index (χ2v) is 7.60. The van der Waals surface area contributed by atoms with Crippen molar-refractivity contribution in [2.45, 2.75) is 26.4 Å². The molecule has 1 saturated heterocycles. The zero-order chi connectivity index (χ0) is 20.8. The predicted molar refractivity (Wildman–Crippen MR) is 114 cm³/mol. The smallest absolute Gasteiger partial charge is 0.292 e. The minimum absolute atomic E-state index is 0.108. The second kappa shape index (κ2) is 9.52. The van der Waals surface area contributed by atoms with Gasteiger partial charge in [-0.3, -0.25) is 19.8 Å². The Labute approximate surface area is 171 Å². The number of nitrogens with zero attached hydrogens (tertiary/aromatic N) is 4. The van der Waals surface area contributed by atoms with Crippen LogP contribution >= 0.6 is 0 Å². The molecule has 0 atom stereocenters. The lowest BCUT2D eigenvalue weighted by atomic mass is 10.2. The summed E-state index contributed by atoms with van der Waals surface area (Å²) in [4.78, 5) is 29.8. The molecule has 1 aliphatic heterocycles. The van der Waals surface area contributed by atoms with Crippen LogP contribution in [-0.4, -0.2) is 59.4 Å². The fourth-order valence-electron chi connectivity index (χ4n) is 3.60. The van der Waals surface area contributed by atoms with Gasteiger partial charge in [0, 0.05) is 44.8 Å². The zero-order valence-corrected chi connectivity index (χ0v) is 17.0. The van der Waals surface area contributed by atoms with Crippen LogP contribution in [0.15, 0.2) is 54.6 Å². The Morgan fingerprint density at radius 2 is 1.66 bits per heavy atom.